The molecule has 16 heavy (non-hydrogen) atoms. The van der Waals surface area contributed by atoms with Crippen molar-refractivity contribution in [2.75, 3.05) is 0 Å². The molecule has 1 unspecified atom stereocenters. The van der Waals surface area contributed by atoms with Crippen molar-refractivity contribution in [1.29, 1.82) is 0 Å². The van der Waals surface area contributed by atoms with Gasteiger partial charge in [0.2, 0.25) is 5.69 Å². The van der Waals surface area contributed by atoms with Crippen LogP contribution in [-0.4, -0.2) is 10.4 Å². The zero-order chi connectivity index (χ0) is 11.3. The number of aromatic nitrogens is 2. The van der Waals surface area contributed by atoms with Crippen molar-refractivity contribution in [3.05, 3.63) is 45.9 Å². The highest BCUT2D eigenvalue weighted by Crippen LogP contribution is 2.36. The van der Waals surface area contributed by atoms with Crippen LogP contribution in [-0.2, 0) is 5.60 Å². The molecule has 3 rings (SSSR count). The van der Waals surface area contributed by atoms with Crippen LogP contribution in [0.5, 0.6) is 0 Å². The molecule has 2 heterocycles. The second-order valence-corrected chi connectivity index (χ2v) is 3.90. The fraction of sp³-hybridized carbons (Fsp3) is 0.273. The van der Waals surface area contributed by atoms with Crippen molar-refractivity contribution in [2.24, 2.45) is 0 Å². The number of fused-ring (bicyclic) bond motifs is 3. The number of rotatable bonds is 1. The van der Waals surface area contributed by atoms with E-state index in [4.69, 9.17) is 4.52 Å². The molecule has 2 N–H and O–H groups in total. The average Bonchev–Trinajstić information content (AvgIpc) is 2.81. The summed E-state index contributed by atoms with van der Waals surface area (Å²) in [5.74, 6) is 0. The zero-order valence-electron chi connectivity index (χ0n) is 8.73. The Labute approximate surface area is 90.9 Å². The van der Waals surface area contributed by atoms with E-state index in [1.165, 1.54) is 4.68 Å². The van der Waals surface area contributed by atoms with E-state index in [1.54, 1.807) is 0 Å². The molecule has 5 nitrogen and oxygen atoms in total. The number of aliphatic hydroxyl groups is 1. The molecule has 82 valence electrons. The van der Waals surface area contributed by atoms with E-state index in [-0.39, 0.29) is 5.69 Å². The molecule has 0 radical (unpaired) electrons. The Bertz CT molecular complexity index is 614. The molecule has 0 aliphatic carbocycles. The lowest BCUT2D eigenvalue weighted by Crippen LogP contribution is -2.39. The van der Waals surface area contributed by atoms with Gasteiger partial charge in [0.1, 0.15) is 0 Å². The Balaban J connectivity index is 2.45. The Kier molecular flexibility index (Phi) is 1.65. The number of benzene rings is 1. The highest BCUT2D eigenvalue weighted by molar-refractivity contribution is 5.45. The molecular formula is C11H11N2O3+. The molecule has 0 spiro atoms. The van der Waals surface area contributed by atoms with E-state index < -0.39 is 11.2 Å². The van der Waals surface area contributed by atoms with Crippen LogP contribution in [0.15, 0.2) is 33.6 Å². The van der Waals surface area contributed by atoms with Crippen molar-refractivity contribution < 1.29 is 14.3 Å². The Morgan fingerprint density at radius 2 is 2.25 bits per heavy atom. The van der Waals surface area contributed by atoms with Crippen LogP contribution in [0.1, 0.15) is 24.6 Å². The zero-order valence-corrected chi connectivity index (χ0v) is 8.73. The molecular weight excluding hydrogens is 208 g/mol. The highest BCUT2D eigenvalue weighted by Gasteiger charge is 2.53. The average molecular weight is 219 g/mol. The summed E-state index contributed by atoms with van der Waals surface area (Å²) in [6.45, 7) is 1.83. The second-order valence-electron chi connectivity index (χ2n) is 3.90. The van der Waals surface area contributed by atoms with E-state index in [1.807, 2.05) is 31.2 Å². The Morgan fingerprint density at radius 3 is 3.00 bits per heavy atom. The summed E-state index contributed by atoms with van der Waals surface area (Å²) in [6, 6.07) is 7.34. The van der Waals surface area contributed by atoms with Crippen LogP contribution in [0, 0.1) is 0 Å². The Hall–Kier alpha value is -1.88. The number of hydrogen-bond donors (Lipinski definition) is 2. The van der Waals surface area contributed by atoms with Crippen molar-refractivity contribution in [1.82, 2.24) is 5.27 Å². The molecule has 1 aromatic heterocycles. The summed E-state index contributed by atoms with van der Waals surface area (Å²) >= 11 is 0. The maximum absolute atomic E-state index is 11.6. The Morgan fingerprint density at radius 1 is 1.50 bits per heavy atom. The van der Waals surface area contributed by atoms with Crippen LogP contribution in [0.2, 0.25) is 0 Å². The largest absolute Gasteiger partial charge is 0.434 e. The lowest BCUT2D eigenvalue weighted by atomic mass is 9.90. The fourth-order valence-corrected chi connectivity index (χ4v) is 2.30. The third kappa shape index (κ3) is 0.886. The minimum absolute atomic E-state index is 0.246. The van der Waals surface area contributed by atoms with Gasteiger partial charge in [-0.05, 0) is 22.4 Å². The lowest BCUT2D eigenvalue weighted by molar-refractivity contribution is -0.675. The summed E-state index contributed by atoms with van der Waals surface area (Å²) in [5.41, 5.74) is -0.0434. The summed E-state index contributed by atoms with van der Waals surface area (Å²) in [7, 11) is 0. The highest BCUT2D eigenvalue weighted by atomic mass is 16.5. The second kappa shape index (κ2) is 2.82. The quantitative estimate of drug-likeness (QED) is 0.673. The standard InChI is InChI=1S/C11H10N2O3/c1-2-11(15)7-5-3-4-6-8(7)13-9(11)10(14)16-12-13/h3-6,15H,2H2,1H3/p+1. The van der Waals surface area contributed by atoms with Crippen molar-refractivity contribution in [3.8, 4) is 5.69 Å². The van der Waals surface area contributed by atoms with Gasteiger partial charge in [0, 0.05) is 6.07 Å². The predicted molar refractivity (Wildman–Crippen MR) is 54.2 cm³/mol. The van der Waals surface area contributed by atoms with E-state index in [2.05, 4.69) is 5.27 Å². The predicted octanol–water partition coefficient (Wildman–Crippen LogP) is 0.204. The van der Waals surface area contributed by atoms with Gasteiger partial charge in [0.25, 0.3) is 0 Å². The molecule has 0 bridgehead atoms. The van der Waals surface area contributed by atoms with Gasteiger partial charge in [-0.15, -0.1) is 0 Å². The fourth-order valence-electron chi connectivity index (χ4n) is 2.30. The van der Waals surface area contributed by atoms with Crippen molar-refractivity contribution in [3.63, 3.8) is 0 Å². The molecule has 0 amide bonds. The third-order valence-corrected chi connectivity index (χ3v) is 3.14. The van der Waals surface area contributed by atoms with E-state index in [0.29, 0.717) is 6.42 Å². The SMILES string of the molecule is CCC1(O)c2ccccc2-[n+]2[nH]oc(=O)c21. The van der Waals surface area contributed by atoms with Gasteiger partial charge < -0.3 is 5.11 Å². The van der Waals surface area contributed by atoms with Gasteiger partial charge >= 0.3 is 11.3 Å². The topological polar surface area (TPSA) is 70.1 Å². The van der Waals surface area contributed by atoms with Crippen molar-refractivity contribution >= 4 is 0 Å². The monoisotopic (exact) mass is 219 g/mol. The molecule has 0 saturated carbocycles. The summed E-state index contributed by atoms with van der Waals surface area (Å²) in [5, 5.41) is 13.1. The number of H-pyrrole nitrogens is 1. The normalized spacial score (nSPS) is 21.9. The number of aromatic amines is 1. The maximum Gasteiger partial charge on any atom is 0.434 e. The number of nitrogens with zero attached hydrogens (tertiary/aromatic N) is 1. The number of hydrogen-bond acceptors (Lipinski definition) is 3. The van der Waals surface area contributed by atoms with E-state index in [9.17, 15) is 9.90 Å². The third-order valence-electron chi connectivity index (χ3n) is 3.14. The minimum atomic E-state index is -1.25. The first kappa shape index (κ1) is 9.35. The van der Waals surface area contributed by atoms with Gasteiger partial charge in [-0.3, -0.25) is 4.52 Å². The van der Waals surface area contributed by atoms with Crippen molar-refractivity contribution in [2.45, 2.75) is 18.9 Å². The van der Waals surface area contributed by atoms with Crippen LogP contribution in [0.4, 0.5) is 0 Å². The summed E-state index contributed by atoms with van der Waals surface area (Å²) < 4.78 is 6.22. The molecule has 0 saturated heterocycles. The number of para-hydroxylation sites is 1. The van der Waals surface area contributed by atoms with E-state index >= 15 is 0 Å². The first-order valence-corrected chi connectivity index (χ1v) is 5.14. The van der Waals surface area contributed by atoms with Gasteiger partial charge in [0.05, 0.1) is 5.56 Å². The molecule has 5 heteroatoms. The summed E-state index contributed by atoms with van der Waals surface area (Å²) in [6.07, 6.45) is 0.423. The maximum atomic E-state index is 11.6. The molecule has 2 aromatic rings. The van der Waals surface area contributed by atoms with Crippen LogP contribution in [0.25, 0.3) is 5.69 Å². The van der Waals surface area contributed by atoms with Gasteiger partial charge in [0.15, 0.2) is 5.60 Å². The smallest absolute Gasteiger partial charge is 0.374 e. The number of nitrogens with one attached hydrogen (secondary N) is 1. The van der Waals surface area contributed by atoms with E-state index in [0.717, 1.165) is 11.3 Å². The first-order valence-electron chi connectivity index (χ1n) is 5.14. The van der Waals surface area contributed by atoms with Gasteiger partial charge in [-0.2, -0.15) is 0 Å². The van der Waals surface area contributed by atoms with Gasteiger partial charge in [-0.1, -0.05) is 19.1 Å². The molecule has 0 fully saturated rings. The minimum Gasteiger partial charge on any atom is -0.374 e. The van der Waals surface area contributed by atoms with Crippen LogP contribution < -0.4 is 10.3 Å². The van der Waals surface area contributed by atoms with Gasteiger partial charge in [-0.25, -0.2) is 4.79 Å². The molecule has 1 aliphatic heterocycles. The molecule has 1 atom stereocenters. The lowest BCUT2D eigenvalue weighted by Gasteiger charge is -2.14. The van der Waals surface area contributed by atoms with Crippen LogP contribution in [0.3, 0.4) is 0 Å². The summed E-state index contributed by atoms with van der Waals surface area (Å²) in [4.78, 5) is 11.6. The molecule has 1 aromatic carbocycles. The molecule has 1 aliphatic rings. The first-order chi connectivity index (χ1) is 7.68. The van der Waals surface area contributed by atoms with Crippen LogP contribution >= 0.6 is 0 Å².